The minimum atomic E-state index is -3.92. The third kappa shape index (κ3) is 3.71. The molecule has 1 fully saturated rings. The molecule has 1 aromatic rings. The molecule has 0 saturated carbocycles. The van der Waals surface area contributed by atoms with Crippen LogP contribution in [-0.4, -0.2) is 70.5 Å². The fourth-order valence-electron chi connectivity index (χ4n) is 2.39. The Morgan fingerprint density at radius 3 is 2.26 bits per heavy atom. The van der Waals surface area contributed by atoms with E-state index in [0.29, 0.717) is 0 Å². The first-order valence-electron chi connectivity index (χ1n) is 6.78. The number of hydrogen-bond acceptors (Lipinski definition) is 6. The fraction of sp³-hybridized carbons (Fsp3) is 0.462. The Hall–Kier alpha value is -1.49. The zero-order valence-corrected chi connectivity index (χ0v) is 14.4. The second-order valence-electron chi connectivity index (χ2n) is 5.09. The first-order valence-corrected chi connectivity index (χ1v) is 10.1. The zero-order chi connectivity index (χ0) is 17.3. The molecule has 0 aliphatic carbocycles. The van der Waals surface area contributed by atoms with Gasteiger partial charge in [-0.05, 0) is 12.1 Å². The Morgan fingerprint density at radius 2 is 1.74 bits per heavy atom. The molecule has 0 spiro atoms. The van der Waals surface area contributed by atoms with Gasteiger partial charge in [-0.1, -0.05) is 18.2 Å². The molecule has 128 valence electrons. The second-order valence-corrected chi connectivity index (χ2v) is 8.96. The lowest BCUT2D eigenvalue weighted by atomic mass is 10.2. The molecule has 0 aromatic heterocycles. The molecule has 1 aliphatic heterocycles. The average molecular weight is 362 g/mol. The van der Waals surface area contributed by atoms with E-state index in [0.717, 1.165) is 22.0 Å². The molecule has 1 saturated heterocycles. The van der Waals surface area contributed by atoms with Crippen LogP contribution in [0.5, 0.6) is 0 Å². The van der Waals surface area contributed by atoms with Crippen molar-refractivity contribution in [2.45, 2.75) is 10.9 Å². The van der Waals surface area contributed by atoms with Gasteiger partial charge in [-0.2, -0.15) is 8.61 Å². The molecule has 1 aromatic carbocycles. The maximum Gasteiger partial charge on any atom is 0.325 e. The zero-order valence-electron chi connectivity index (χ0n) is 12.7. The molecule has 8 nitrogen and oxygen atoms in total. The molecular weight excluding hydrogens is 344 g/mol. The van der Waals surface area contributed by atoms with E-state index >= 15 is 0 Å². The number of piperazine rings is 1. The molecule has 0 radical (unpaired) electrons. The molecule has 2 rings (SSSR count). The molecule has 0 N–H and O–H groups in total. The summed E-state index contributed by atoms with van der Waals surface area (Å²) in [6.45, 7) is -0.403. The summed E-state index contributed by atoms with van der Waals surface area (Å²) < 4.78 is 55.5. The van der Waals surface area contributed by atoms with Crippen molar-refractivity contribution in [3.8, 4) is 0 Å². The summed E-state index contributed by atoms with van der Waals surface area (Å²) >= 11 is 0. The standard InChI is InChI=1S/C13H18N2O6S2/c1-21-13(16)12-10-14(22(2,17)18)8-9-15(12)23(19,20)11-6-4-3-5-7-11/h3-7,12H,8-10H2,1-2H3/t12-/m1/s1. The van der Waals surface area contributed by atoms with Crippen molar-refractivity contribution in [1.82, 2.24) is 8.61 Å². The highest BCUT2D eigenvalue weighted by Crippen LogP contribution is 2.23. The molecule has 0 amide bonds. The minimum Gasteiger partial charge on any atom is -0.468 e. The maximum absolute atomic E-state index is 12.7. The van der Waals surface area contributed by atoms with E-state index in [9.17, 15) is 21.6 Å². The van der Waals surface area contributed by atoms with Crippen LogP contribution in [-0.2, 0) is 29.6 Å². The van der Waals surface area contributed by atoms with Gasteiger partial charge in [-0.3, -0.25) is 4.79 Å². The van der Waals surface area contributed by atoms with Gasteiger partial charge in [-0.15, -0.1) is 0 Å². The summed E-state index contributed by atoms with van der Waals surface area (Å²) in [5, 5.41) is 0. The summed E-state index contributed by atoms with van der Waals surface area (Å²) in [4.78, 5) is 12.0. The van der Waals surface area contributed by atoms with Crippen molar-refractivity contribution in [3.05, 3.63) is 30.3 Å². The number of hydrogen-bond donors (Lipinski definition) is 0. The third-order valence-corrected chi connectivity index (χ3v) is 6.78. The van der Waals surface area contributed by atoms with Gasteiger partial charge in [0.25, 0.3) is 0 Å². The van der Waals surface area contributed by atoms with Crippen LogP contribution in [0.25, 0.3) is 0 Å². The van der Waals surface area contributed by atoms with Crippen molar-refractivity contribution >= 4 is 26.0 Å². The van der Waals surface area contributed by atoms with Gasteiger partial charge in [0.2, 0.25) is 20.0 Å². The van der Waals surface area contributed by atoms with Gasteiger partial charge >= 0.3 is 5.97 Å². The number of methoxy groups -OCH3 is 1. The number of sulfonamides is 2. The average Bonchev–Trinajstić information content (AvgIpc) is 2.53. The van der Waals surface area contributed by atoms with E-state index in [4.69, 9.17) is 0 Å². The van der Waals surface area contributed by atoms with E-state index in [-0.39, 0.29) is 24.5 Å². The van der Waals surface area contributed by atoms with Crippen LogP contribution < -0.4 is 0 Å². The third-order valence-electron chi connectivity index (χ3n) is 3.59. The van der Waals surface area contributed by atoms with Crippen LogP contribution >= 0.6 is 0 Å². The Kier molecular flexibility index (Phi) is 5.09. The van der Waals surface area contributed by atoms with E-state index in [1.807, 2.05) is 0 Å². The summed E-state index contributed by atoms with van der Waals surface area (Å²) in [7, 11) is -6.32. The highest BCUT2D eigenvalue weighted by molar-refractivity contribution is 7.89. The lowest BCUT2D eigenvalue weighted by molar-refractivity contribution is -0.146. The summed E-state index contributed by atoms with van der Waals surface area (Å²) in [6, 6.07) is 6.46. The highest BCUT2D eigenvalue weighted by Gasteiger charge is 2.42. The monoisotopic (exact) mass is 362 g/mol. The van der Waals surface area contributed by atoms with Gasteiger partial charge < -0.3 is 4.74 Å². The predicted octanol–water partition coefficient (Wildman–Crippen LogP) is -0.506. The van der Waals surface area contributed by atoms with Crippen molar-refractivity contribution in [1.29, 1.82) is 0 Å². The summed E-state index contributed by atoms with van der Waals surface area (Å²) in [5.41, 5.74) is 0. The SMILES string of the molecule is COC(=O)[C@H]1CN(S(C)(=O)=O)CCN1S(=O)(=O)c1ccccc1. The quantitative estimate of drug-likeness (QED) is 0.669. The van der Waals surface area contributed by atoms with Crippen LogP contribution in [0.4, 0.5) is 0 Å². The number of esters is 1. The van der Waals surface area contributed by atoms with E-state index in [1.54, 1.807) is 18.2 Å². The number of ether oxygens (including phenoxy) is 1. The predicted molar refractivity (Wildman–Crippen MR) is 82.6 cm³/mol. The van der Waals surface area contributed by atoms with Crippen LogP contribution in [0.15, 0.2) is 35.2 Å². The van der Waals surface area contributed by atoms with E-state index < -0.39 is 32.1 Å². The molecule has 1 heterocycles. The molecule has 23 heavy (non-hydrogen) atoms. The number of benzene rings is 1. The van der Waals surface area contributed by atoms with Gasteiger partial charge in [0, 0.05) is 19.6 Å². The van der Waals surface area contributed by atoms with Crippen molar-refractivity contribution in [2.75, 3.05) is 33.0 Å². The van der Waals surface area contributed by atoms with Gasteiger partial charge in [0.15, 0.2) is 0 Å². The Morgan fingerprint density at radius 1 is 1.13 bits per heavy atom. The topological polar surface area (TPSA) is 101 Å². The molecule has 10 heteroatoms. The number of rotatable bonds is 4. The van der Waals surface area contributed by atoms with Gasteiger partial charge in [0.05, 0.1) is 18.3 Å². The van der Waals surface area contributed by atoms with Gasteiger partial charge in [0.1, 0.15) is 6.04 Å². The van der Waals surface area contributed by atoms with E-state index in [1.165, 1.54) is 12.1 Å². The lowest BCUT2D eigenvalue weighted by Crippen LogP contribution is -2.59. The van der Waals surface area contributed by atoms with Crippen molar-refractivity contribution in [3.63, 3.8) is 0 Å². The van der Waals surface area contributed by atoms with Gasteiger partial charge in [-0.25, -0.2) is 16.8 Å². The first-order chi connectivity index (χ1) is 10.7. The molecular formula is C13H18N2O6S2. The number of carbonyl (C=O) groups excluding carboxylic acids is 1. The summed E-state index contributed by atoms with van der Waals surface area (Å²) in [5.74, 6) is -0.794. The summed E-state index contributed by atoms with van der Waals surface area (Å²) in [6.07, 6.45) is 1.02. The Balaban J connectivity index is 2.39. The normalized spacial score (nSPS) is 21.0. The molecule has 1 aliphatic rings. The van der Waals surface area contributed by atoms with Crippen LogP contribution in [0.3, 0.4) is 0 Å². The molecule has 0 bridgehead atoms. The molecule has 1 atom stereocenters. The highest BCUT2D eigenvalue weighted by atomic mass is 32.2. The largest absolute Gasteiger partial charge is 0.468 e. The Bertz CT molecular complexity index is 776. The Labute approximate surface area is 135 Å². The second kappa shape index (κ2) is 6.56. The number of carbonyl (C=O) groups is 1. The lowest BCUT2D eigenvalue weighted by Gasteiger charge is -2.37. The van der Waals surface area contributed by atoms with Crippen LogP contribution in [0.2, 0.25) is 0 Å². The smallest absolute Gasteiger partial charge is 0.325 e. The first kappa shape index (κ1) is 17.9. The van der Waals surface area contributed by atoms with E-state index in [2.05, 4.69) is 4.74 Å². The fourth-order valence-corrected chi connectivity index (χ4v) is 4.79. The van der Waals surface area contributed by atoms with Crippen LogP contribution in [0.1, 0.15) is 0 Å². The van der Waals surface area contributed by atoms with Crippen molar-refractivity contribution < 1.29 is 26.4 Å². The number of nitrogens with zero attached hydrogens (tertiary/aromatic N) is 2. The van der Waals surface area contributed by atoms with Crippen molar-refractivity contribution in [2.24, 2.45) is 0 Å². The van der Waals surface area contributed by atoms with Crippen LogP contribution in [0, 0.1) is 0 Å². The molecule has 0 unspecified atom stereocenters. The minimum absolute atomic E-state index is 0.0155. The maximum atomic E-state index is 12.7.